The summed E-state index contributed by atoms with van der Waals surface area (Å²) in [7, 11) is -2.85. The molecule has 0 aromatic rings. The molecule has 0 atom stereocenters. The molecule has 0 aliphatic heterocycles. The second kappa shape index (κ2) is 4.80. The van der Waals surface area contributed by atoms with Crippen LogP contribution in [-0.2, 0) is 0 Å². The molecule has 17 heavy (non-hydrogen) atoms. The van der Waals surface area contributed by atoms with E-state index in [1.807, 2.05) is 0 Å². The quantitative estimate of drug-likeness (QED) is 0.605. The van der Waals surface area contributed by atoms with E-state index in [1.54, 1.807) is 0 Å². The van der Waals surface area contributed by atoms with Crippen LogP contribution in [0.3, 0.4) is 0 Å². The summed E-state index contributed by atoms with van der Waals surface area (Å²) >= 11 is 0. The van der Waals surface area contributed by atoms with Crippen LogP contribution in [0.25, 0.3) is 0 Å². The monoisotopic (exact) mass is 274 g/mol. The topological polar surface area (TPSA) is 15.3 Å². The summed E-state index contributed by atoms with van der Waals surface area (Å²) < 4.78 is 2.69. The van der Waals surface area contributed by atoms with Crippen molar-refractivity contribution in [1.82, 2.24) is 9.77 Å². The Hall–Kier alpha value is 0.354. The van der Waals surface area contributed by atoms with Gasteiger partial charge in [-0.15, -0.1) is 0 Å². The Balaban J connectivity index is 5.36. The van der Waals surface area contributed by atoms with E-state index in [-0.39, 0.29) is 5.54 Å². The molecule has 0 aliphatic carbocycles. The minimum absolute atomic E-state index is 0.149. The highest BCUT2D eigenvalue weighted by Gasteiger charge is 2.46. The zero-order valence-electron chi connectivity index (χ0n) is 13.9. The standard InChI is InChI=1S/C13H34N2Si2/c1-12(2,3)14-15(16(7,8)9)17(10,11)13(4,5)6/h14H,1-11H3. The SMILES string of the molecule is CC(C)(C)NN([Si](C)(C)C)[Si](C)(C)C(C)(C)C. The van der Waals surface area contributed by atoms with Crippen LogP contribution in [0, 0.1) is 0 Å². The van der Waals surface area contributed by atoms with Crippen molar-refractivity contribution in [2.24, 2.45) is 0 Å². The van der Waals surface area contributed by atoms with Crippen molar-refractivity contribution in [3.05, 3.63) is 0 Å². The largest absolute Gasteiger partial charge is 0.285 e. The van der Waals surface area contributed by atoms with Gasteiger partial charge in [0.1, 0.15) is 16.5 Å². The van der Waals surface area contributed by atoms with Crippen molar-refractivity contribution >= 4 is 16.5 Å². The van der Waals surface area contributed by atoms with Crippen LogP contribution in [0.1, 0.15) is 41.5 Å². The molecule has 4 heteroatoms. The molecule has 0 spiro atoms. The van der Waals surface area contributed by atoms with E-state index >= 15 is 0 Å². The van der Waals surface area contributed by atoms with Gasteiger partial charge in [0.2, 0.25) is 0 Å². The molecule has 0 heterocycles. The highest BCUT2D eigenvalue weighted by molar-refractivity contribution is 6.91. The van der Waals surface area contributed by atoms with Crippen molar-refractivity contribution in [3.8, 4) is 0 Å². The number of rotatable bonds is 3. The average Bonchev–Trinajstić information content (AvgIpc) is 1.93. The highest BCUT2D eigenvalue weighted by Crippen LogP contribution is 2.39. The number of hydrogen-bond acceptors (Lipinski definition) is 2. The third kappa shape index (κ3) is 4.85. The molecule has 0 radical (unpaired) electrons. The minimum Gasteiger partial charge on any atom is -0.285 e. The Morgan fingerprint density at radius 1 is 0.765 bits per heavy atom. The predicted octanol–water partition coefficient (Wildman–Crippen LogP) is 4.43. The van der Waals surface area contributed by atoms with Crippen LogP contribution >= 0.6 is 0 Å². The normalized spacial score (nSPS) is 15.5. The first-order valence-electron chi connectivity index (χ1n) is 6.67. The highest BCUT2D eigenvalue weighted by atomic mass is 28.4. The van der Waals surface area contributed by atoms with Gasteiger partial charge in [-0.25, -0.2) is 0 Å². The lowest BCUT2D eigenvalue weighted by molar-refractivity contribution is 0.291. The first-order chi connectivity index (χ1) is 7.09. The van der Waals surface area contributed by atoms with Gasteiger partial charge in [0.05, 0.1) is 0 Å². The van der Waals surface area contributed by atoms with Crippen LogP contribution < -0.4 is 5.43 Å². The molecule has 0 saturated carbocycles. The zero-order chi connectivity index (χ0) is 14.3. The van der Waals surface area contributed by atoms with E-state index in [0.717, 1.165) is 0 Å². The number of hydrazine groups is 1. The fourth-order valence-corrected chi connectivity index (χ4v) is 11.5. The van der Waals surface area contributed by atoms with E-state index in [1.165, 1.54) is 0 Å². The molecule has 1 N–H and O–H groups in total. The van der Waals surface area contributed by atoms with Gasteiger partial charge in [-0.05, 0) is 25.8 Å². The molecule has 0 aliphatic rings. The summed E-state index contributed by atoms with van der Waals surface area (Å²) in [5.41, 5.74) is 3.95. The lowest BCUT2D eigenvalue weighted by Gasteiger charge is -2.54. The van der Waals surface area contributed by atoms with Gasteiger partial charge in [0.15, 0.2) is 0 Å². The third-order valence-electron chi connectivity index (χ3n) is 3.51. The second-order valence-corrected chi connectivity index (χ2v) is 19.0. The van der Waals surface area contributed by atoms with Crippen molar-refractivity contribution in [3.63, 3.8) is 0 Å². The molecule has 0 fully saturated rings. The van der Waals surface area contributed by atoms with E-state index in [9.17, 15) is 0 Å². The van der Waals surface area contributed by atoms with E-state index in [0.29, 0.717) is 5.04 Å². The fraction of sp³-hybridized carbons (Fsp3) is 1.00. The Kier molecular flexibility index (Phi) is 4.90. The molecule has 0 rings (SSSR count). The maximum atomic E-state index is 3.80. The fourth-order valence-electron chi connectivity index (χ4n) is 1.82. The molecule has 0 saturated heterocycles. The number of nitrogens with zero attached hydrogens (tertiary/aromatic N) is 1. The third-order valence-corrected chi connectivity index (χ3v) is 13.6. The van der Waals surface area contributed by atoms with Gasteiger partial charge < -0.3 is 0 Å². The van der Waals surface area contributed by atoms with Gasteiger partial charge >= 0.3 is 0 Å². The summed E-state index contributed by atoms with van der Waals surface area (Å²) in [5, 5.41) is 0.380. The molecule has 0 aromatic carbocycles. The molecule has 0 aromatic heterocycles. The lowest BCUT2D eigenvalue weighted by Crippen LogP contribution is -2.72. The first-order valence-corrected chi connectivity index (χ1v) is 13.1. The van der Waals surface area contributed by atoms with Crippen molar-refractivity contribution in [1.29, 1.82) is 0 Å². The number of hydrogen-bond donors (Lipinski definition) is 1. The molecular formula is C13H34N2Si2. The second-order valence-electron chi connectivity index (χ2n) is 8.68. The first kappa shape index (κ1) is 17.4. The summed E-state index contributed by atoms with van der Waals surface area (Å²) in [5.74, 6) is 0. The van der Waals surface area contributed by atoms with Gasteiger partial charge in [-0.3, -0.25) is 9.77 Å². The average molecular weight is 275 g/mol. The van der Waals surface area contributed by atoms with Gasteiger partial charge in [-0.1, -0.05) is 53.5 Å². The summed E-state index contributed by atoms with van der Waals surface area (Å²) in [6.07, 6.45) is 0. The van der Waals surface area contributed by atoms with E-state index < -0.39 is 16.5 Å². The van der Waals surface area contributed by atoms with Crippen molar-refractivity contribution < 1.29 is 0 Å². The Labute approximate surface area is 111 Å². The molecule has 0 bridgehead atoms. The molecule has 0 unspecified atom stereocenters. The van der Waals surface area contributed by atoms with Crippen LogP contribution in [0.2, 0.25) is 37.8 Å². The lowest BCUT2D eigenvalue weighted by atomic mass is 10.1. The maximum absolute atomic E-state index is 3.80. The van der Waals surface area contributed by atoms with E-state index in [4.69, 9.17) is 0 Å². The van der Waals surface area contributed by atoms with Crippen molar-refractivity contribution in [2.75, 3.05) is 0 Å². The molecule has 104 valence electrons. The Bertz CT molecular complexity index is 254. The summed E-state index contributed by atoms with van der Waals surface area (Å²) in [6.45, 7) is 26.2. The number of nitrogens with one attached hydrogen (secondary N) is 1. The van der Waals surface area contributed by atoms with Gasteiger partial charge in [0.25, 0.3) is 0 Å². The van der Waals surface area contributed by atoms with Gasteiger partial charge in [0, 0.05) is 5.54 Å². The van der Waals surface area contributed by atoms with Gasteiger partial charge in [-0.2, -0.15) is 0 Å². The Morgan fingerprint density at radius 2 is 1.12 bits per heavy atom. The predicted molar refractivity (Wildman–Crippen MR) is 85.3 cm³/mol. The van der Waals surface area contributed by atoms with E-state index in [2.05, 4.69) is 84.0 Å². The molecule has 0 amide bonds. The zero-order valence-corrected chi connectivity index (χ0v) is 15.9. The van der Waals surface area contributed by atoms with Crippen LogP contribution in [0.5, 0.6) is 0 Å². The summed E-state index contributed by atoms with van der Waals surface area (Å²) in [4.78, 5) is 0. The van der Waals surface area contributed by atoms with Crippen LogP contribution in [0.4, 0.5) is 0 Å². The smallest absolute Gasteiger partial charge is 0.136 e. The minimum atomic E-state index is -1.50. The Morgan fingerprint density at radius 3 is 1.29 bits per heavy atom. The van der Waals surface area contributed by atoms with Crippen molar-refractivity contribution in [2.45, 2.75) is 84.9 Å². The maximum Gasteiger partial charge on any atom is 0.136 e. The summed E-state index contributed by atoms with van der Waals surface area (Å²) in [6, 6.07) is 0. The molecule has 2 nitrogen and oxygen atoms in total. The van der Waals surface area contributed by atoms with Crippen LogP contribution in [-0.4, -0.2) is 26.3 Å². The molecular weight excluding hydrogens is 240 g/mol. The van der Waals surface area contributed by atoms with Crippen LogP contribution in [0.15, 0.2) is 0 Å².